The van der Waals surface area contributed by atoms with Crippen molar-refractivity contribution in [2.45, 2.75) is 25.8 Å². The zero-order valence-electron chi connectivity index (χ0n) is 12.9. The summed E-state index contributed by atoms with van der Waals surface area (Å²) in [4.78, 5) is 49.1. The molecule has 7 heteroatoms. The lowest BCUT2D eigenvalue weighted by molar-refractivity contribution is -0.136. The molecule has 2 aliphatic rings. The third kappa shape index (κ3) is 2.14. The Labute approximate surface area is 128 Å². The van der Waals surface area contributed by atoms with Crippen molar-refractivity contribution in [2.24, 2.45) is 0 Å². The number of hydrogen-bond acceptors (Lipinski definition) is 5. The molecule has 22 heavy (non-hydrogen) atoms. The number of anilines is 1. The predicted octanol–water partition coefficient (Wildman–Crippen LogP) is 0.520. The fraction of sp³-hybridized carbons (Fsp3) is 0.333. The molecule has 0 aliphatic carbocycles. The molecule has 0 aromatic heterocycles. The first-order valence-electron chi connectivity index (χ1n) is 7.54. The van der Waals surface area contributed by atoms with E-state index in [-0.39, 0.29) is 30.0 Å². The van der Waals surface area contributed by atoms with E-state index in [0.717, 1.165) is 4.90 Å². The van der Waals surface area contributed by atoms with Crippen molar-refractivity contribution in [2.75, 3.05) is 11.9 Å². The number of rotatable bonds is 3. The van der Waals surface area contributed by atoms with E-state index in [1.165, 1.54) is 12.1 Å². The van der Waals surface area contributed by atoms with Gasteiger partial charge in [-0.2, -0.15) is 0 Å². The summed E-state index contributed by atoms with van der Waals surface area (Å²) >= 11 is 0. The van der Waals surface area contributed by atoms with Crippen LogP contribution in [0.2, 0.25) is 0 Å². The molecule has 0 spiro atoms. The number of benzene rings is 1. The summed E-state index contributed by atoms with van der Waals surface area (Å²) in [6, 6.07) is 1.92. The van der Waals surface area contributed by atoms with Crippen LogP contribution in [0.1, 0.15) is 41.9 Å². The number of imide groups is 2. The number of hydrogen-bond donors (Lipinski definition) is 2. The Morgan fingerprint density at radius 2 is 2.05 bits per heavy atom. The van der Waals surface area contributed by atoms with E-state index in [4.69, 9.17) is 1.37 Å². The van der Waals surface area contributed by atoms with Crippen LogP contribution >= 0.6 is 0 Å². The molecule has 0 bridgehead atoms. The van der Waals surface area contributed by atoms with Crippen LogP contribution in [0.5, 0.6) is 0 Å². The Morgan fingerprint density at radius 1 is 1.32 bits per heavy atom. The van der Waals surface area contributed by atoms with Gasteiger partial charge in [-0.25, -0.2) is 0 Å². The van der Waals surface area contributed by atoms with Gasteiger partial charge in [0.2, 0.25) is 11.8 Å². The zero-order chi connectivity index (χ0) is 16.7. The van der Waals surface area contributed by atoms with E-state index >= 15 is 0 Å². The summed E-state index contributed by atoms with van der Waals surface area (Å²) in [7, 11) is 0. The fourth-order valence-corrected chi connectivity index (χ4v) is 2.70. The van der Waals surface area contributed by atoms with Gasteiger partial charge in [0.1, 0.15) is 6.04 Å². The Kier molecular flexibility index (Phi) is 3.10. The van der Waals surface area contributed by atoms with Gasteiger partial charge in [-0.15, -0.1) is 0 Å². The molecule has 0 radical (unpaired) electrons. The number of nitrogens with one attached hydrogen (secondary N) is 2. The Hall–Kier alpha value is -2.70. The molecule has 1 fully saturated rings. The van der Waals surface area contributed by atoms with Crippen LogP contribution < -0.4 is 10.6 Å². The van der Waals surface area contributed by atoms with Crippen LogP contribution in [0.3, 0.4) is 0 Å². The third-order valence-corrected chi connectivity index (χ3v) is 3.74. The molecule has 1 atom stereocenters. The lowest BCUT2D eigenvalue weighted by Crippen LogP contribution is -2.54. The summed E-state index contributed by atoms with van der Waals surface area (Å²) in [5.74, 6) is -2.23. The summed E-state index contributed by atoms with van der Waals surface area (Å²) < 4.78 is 7.91. The second-order valence-corrected chi connectivity index (χ2v) is 5.15. The quantitative estimate of drug-likeness (QED) is 0.794. The minimum absolute atomic E-state index is 0.0795. The van der Waals surface area contributed by atoms with Gasteiger partial charge in [-0.3, -0.25) is 29.4 Å². The molecular weight excluding hydrogens is 286 g/mol. The number of carbonyl (C=O) groups is 4. The third-order valence-electron chi connectivity index (χ3n) is 3.74. The minimum atomic E-state index is -0.989. The van der Waals surface area contributed by atoms with Gasteiger partial charge in [-0.1, -0.05) is 0 Å². The number of nitrogens with zero attached hydrogens (tertiary/aromatic N) is 1. The van der Waals surface area contributed by atoms with Crippen LogP contribution in [0.25, 0.3) is 0 Å². The lowest BCUT2D eigenvalue weighted by atomic mass is 10.0. The summed E-state index contributed by atoms with van der Waals surface area (Å²) in [6.07, 6.45) is 0.195. The van der Waals surface area contributed by atoms with E-state index in [9.17, 15) is 19.2 Å². The molecule has 1 saturated heterocycles. The average Bonchev–Trinajstić information content (AvgIpc) is 2.72. The monoisotopic (exact) mass is 302 g/mol. The molecule has 1 unspecified atom stereocenters. The molecule has 1 aromatic carbocycles. The van der Waals surface area contributed by atoms with Gasteiger partial charge in [-0.05, 0) is 31.5 Å². The van der Waals surface area contributed by atoms with Gasteiger partial charge in [0, 0.05) is 18.7 Å². The average molecular weight is 302 g/mol. The summed E-state index contributed by atoms with van der Waals surface area (Å²) in [6.45, 7) is 2.43. The molecule has 7 nitrogen and oxygen atoms in total. The molecule has 1 aromatic rings. The highest BCUT2D eigenvalue weighted by molar-refractivity contribution is 6.23. The smallest absolute Gasteiger partial charge is 0.262 e. The predicted molar refractivity (Wildman–Crippen MR) is 77.3 cm³/mol. The minimum Gasteiger partial charge on any atom is -0.385 e. The van der Waals surface area contributed by atoms with E-state index in [1.807, 2.05) is 6.92 Å². The highest BCUT2D eigenvalue weighted by atomic mass is 16.2. The lowest BCUT2D eigenvalue weighted by Gasteiger charge is -2.27. The number of piperidine rings is 1. The van der Waals surface area contributed by atoms with Crippen molar-refractivity contribution in [1.82, 2.24) is 10.2 Å². The normalized spacial score (nSPS) is 21.6. The first-order valence-corrected chi connectivity index (χ1v) is 7.04. The molecule has 2 aliphatic heterocycles. The van der Waals surface area contributed by atoms with Crippen molar-refractivity contribution in [3.8, 4) is 0 Å². The van der Waals surface area contributed by atoms with E-state index in [0.29, 0.717) is 12.2 Å². The van der Waals surface area contributed by atoms with Crippen molar-refractivity contribution in [1.29, 1.82) is 0 Å². The molecule has 114 valence electrons. The van der Waals surface area contributed by atoms with Gasteiger partial charge in [0.15, 0.2) is 0 Å². The van der Waals surface area contributed by atoms with Crippen LogP contribution in [-0.2, 0) is 9.59 Å². The molecule has 3 rings (SSSR count). The number of amides is 4. The van der Waals surface area contributed by atoms with Gasteiger partial charge < -0.3 is 5.32 Å². The van der Waals surface area contributed by atoms with Gasteiger partial charge in [0.05, 0.1) is 12.5 Å². The van der Waals surface area contributed by atoms with Crippen LogP contribution in [0, 0.1) is 0 Å². The highest BCUT2D eigenvalue weighted by Gasteiger charge is 2.44. The van der Waals surface area contributed by atoms with Gasteiger partial charge >= 0.3 is 0 Å². The standard InChI is InChI=1S/C15H15N3O4/c1-2-16-8-3-4-9-10(7-8)15(22)18(14(9)21)11-5-6-12(19)17-13(11)20/h3-4,7,11,16H,2,5-6H2,1H3,(H,17,19,20)/i3D. The van der Waals surface area contributed by atoms with Crippen LogP contribution in [0.15, 0.2) is 18.2 Å². The van der Waals surface area contributed by atoms with E-state index in [2.05, 4.69) is 10.6 Å². The first kappa shape index (κ1) is 13.0. The van der Waals surface area contributed by atoms with Crippen molar-refractivity contribution in [3.63, 3.8) is 0 Å². The van der Waals surface area contributed by atoms with E-state index < -0.39 is 29.7 Å². The van der Waals surface area contributed by atoms with E-state index in [1.54, 1.807) is 0 Å². The fourth-order valence-electron chi connectivity index (χ4n) is 2.70. The summed E-state index contributed by atoms with van der Waals surface area (Å²) in [5.41, 5.74) is 0.746. The maximum Gasteiger partial charge on any atom is 0.262 e. The largest absolute Gasteiger partial charge is 0.385 e. The number of fused-ring (bicyclic) bond motifs is 1. The maximum absolute atomic E-state index is 12.6. The second-order valence-electron chi connectivity index (χ2n) is 5.15. The Morgan fingerprint density at radius 3 is 2.73 bits per heavy atom. The van der Waals surface area contributed by atoms with Crippen LogP contribution in [0.4, 0.5) is 5.69 Å². The number of carbonyl (C=O) groups excluding carboxylic acids is 4. The van der Waals surface area contributed by atoms with Crippen molar-refractivity contribution >= 4 is 29.3 Å². The Balaban J connectivity index is 1.97. The first-order chi connectivity index (χ1) is 10.9. The molecule has 0 saturated carbocycles. The van der Waals surface area contributed by atoms with Crippen molar-refractivity contribution in [3.05, 3.63) is 29.3 Å². The molecule has 2 N–H and O–H groups in total. The molecular formula is C15H15N3O4. The molecule has 2 heterocycles. The highest BCUT2D eigenvalue weighted by Crippen LogP contribution is 2.29. The second kappa shape index (κ2) is 5.25. The molecule has 4 amide bonds. The Bertz CT molecular complexity index is 746. The van der Waals surface area contributed by atoms with Crippen LogP contribution in [-0.4, -0.2) is 41.1 Å². The van der Waals surface area contributed by atoms with Crippen molar-refractivity contribution < 1.29 is 20.5 Å². The maximum atomic E-state index is 12.6. The topological polar surface area (TPSA) is 95.6 Å². The zero-order valence-corrected chi connectivity index (χ0v) is 11.9. The SMILES string of the molecule is [2H]c1cc2c(cc1NCC)C(=O)N(C1CCC(=O)NC1=O)C2=O. The van der Waals surface area contributed by atoms with Gasteiger partial charge in [0.25, 0.3) is 11.8 Å². The summed E-state index contributed by atoms with van der Waals surface area (Å²) in [5, 5.41) is 5.10.